The molecule has 3 nitrogen and oxygen atoms in total. The first-order valence-corrected chi connectivity index (χ1v) is 6.55. The van der Waals surface area contributed by atoms with Crippen molar-refractivity contribution < 1.29 is 4.74 Å². The van der Waals surface area contributed by atoms with Gasteiger partial charge in [0.2, 0.25) is 0 Å². The number of ether oxygens (including phenoxy) is 1. The average molecular weight is 328 g/mol. The van der Waals surface area contributed by atoms with Crippen LogP contribution in [0.25, 0.3) is 0 Å². The van der Waals surface area contributed by atoms with Crippen molar-refractivity contribution in [2.75, 3.05) is 0 Å². The summed E-state index contributed by atoms with van der Waals surface area (Å²) in [5, 5.41) is 0.607. The van der Waals surface area contributed by atoms with Gasteiger partial charge >= 0.3 is 0 Å². The predicted octanol–water partition coefficient (Wildman–Crippen LogP) is 4.06. The minimum atomic E-state index is 0.332. The molecule has 5 heteroatoms. The number of aryl methyl sites for hydroxylation is 1. The topological polar surface area (TPSA) is 48.1 Å². The zero-order valence-electron chi connectivity index (χ0n) is 9.78. The Balaban J connectivity index is 2.39. The number of halogens is 2. The fourth-order valence-electron chi connectivity index (χ4n) is 1.59. The lowest BCUT2D eigenvalue weighted by Gasteiger charge is -2.12. The molecule has 0 bridgehead atoms. The zero-order valence-corrected chi connectivity index (χ0v) is 12.1. The number of nitrogens with zero attached hydrogens (tertiary/aromatic N) is 1. The molecule has 2 aromatic rings. The second-order valence-corrected chi connectivity index (χ2v) is 5.17. The van der Waals surface area contributed by atoms with Gasteiger partial charge in [-0.05, 0) is 36.8 Å². The third-order valence-electron chi connectivity index (χ3n) is 2.42. The van der Waals surface area contributed by atoms with Crippen LogP contribution in [-0.4, -0.2) is 4.98 Å². The minimum Gasteiger partial charge on any atom is -0.455 e. The quantitative estimate of drug-likeness (QED) is 0.925. The Morgan fingerprint density at radius 2 is 2.17 bits per heavy atom. The lowest BCUT2D eigenvalue weighted by atomic mass is 10.2. The summed E-state index contributed by atoms with van der Waals surface area (Å²) in [6, 6.07) is 7.28. The lowest BCUT2D eigenvalue weighted by molar-refractivity contribution is 0.468. The highest BCUT2D eigenvalue weighted by atomic mass is 79.9. The Kier molecular flexibility index (Phi) is 4.22. The number of hydrogen-bond donors (Lipinski definition) is 1. The van der Waals surface area contributed by atoms with Crippen molar-refractivity contribution in [2.24, 2.45) is 5.73 Å². The van der Waals surface area contributed by atoms with Crippen molar-refractivity contribution in [3.63, 3.8) is 0 Å². The summed E-state index contributed by atoms with van der Waals surface area (Å²) in [4.78, 5) is 4.20. The van der Waals surface area contributed by atoms with E-state index in [1.54, 1.807) is 18.3 Å². The number of rotatable bonds is 3. The van der Waals surface area contributed by atoms with Crippen molar-refractivity contribution in [2.45, 2.75) is 13.5 Å². The van der Waals surface area contributed by atoms with E-state index in [9.17, 15) is 0 Å². The van der Waals surface area contributed by atoms with E-state index in [1.165, 1.54) is 0 Å². The Morgan fingerprint density at radius 1 is 1.39 bits per heavy atom. The van der Waals surface area contributed by atoms with E-state index in [4.69, 9.17) is 22.1 Å². The fraction of sp³-hybridized carbons (Fsp3) is 0.154. The smallest absolute Gasteiger partial charge is 0.153 e. The van der Waals surface area contributed by atoms with E-state index in [0.29, 0.717) is 23.1 Å². The van der Waals surface area contributed by atoms with Gasteiger partial charge in [-0.15, -0.1) is 0 Å². The molecule has 0 fully saturated rings. The van der Waals surface area contributed by atoms with E-state index < -0.39 is 0 Å². The van der Waals surface area contributed by atoms with E-state index in [-0.39, 0.29) is 0 Å². The molecule has 0 saturated heterocycles. The summed E-state index contributed by atoms with van der Waals surface area (Å²) in [5.41, 5.74) is 7.37. The van der Waals surface area contributed by atoms with E-state index in [2.05, 4.69) is 20.9 Å². The van der Waals surface area contributed by atoms with Crippen molar-refractivity contribution >= 4 is 27.5 Å². The SMILES string of the molecule is Cc1ccnc(CN)c1Oc1cc(Cl)cc(Br)c1. The molecule has 0 aliphatic rings. The number of pyridine rings is 1. The summed E-state index contributed by atoms with van der Waals surface area (Å²) >= 11 is 9.36. The molecule has 2 N–H and O–H groups in total. The Bertz CT molecular complexity index is 555. The maximum absolute atomic E-state index is 5.98. The summed E-state index contributed by atoms with van der Waals surface area (Å²) in [6.07, 6.45) is 1.72. The largest absolute Gasteiger partial charge is 0.455 e. The van der Waals surface area contributed by atoms with Gasteiger partial charge in [0.25, 0.3) is 0 Å². The van der Waals surface area contributed by atoms with Gasteiger partial charge in [0, 0.05) is 22.2 Å². The lowest BCUT2D eigenvalue weighted by Crippen LogP contribution is -2.03. The maximum atomic E-state index is 5.98. The summed E-state index contributed by atoms with van der Waals surface area (Å²) in [6.45, 7) is 2.29. The summed E-state index contributed by atoms with van der Waals surface area (Å²) < 4.78 is 6.70. The first-order valence-electron chi connectivity index (χ1n) is 5.38. The van der Waals surface area contributed by atoms with Gasteiger partial charge in [0.1, 0.15) is 5.75 Å². The van der Waals surface area contributed by atoms with E-state index in [0.717, 1.165) is 15.7 Å². The van der Waals surface area contributed by atoms with Crippen LogP contribution in [0.5, 0.6) is 11.5 Å². The van der Waals surface area contributed by atoms with Crippen molar-refractivity contribution in [3.05, 3.63) is 51.2 Å². The van der Waals surface area contributed by atoms with Gasteiger partial charge < -0.3 is 10.5 Å². The van der Waals surface area contributed by atoms with Gasteiger partial charge in [-0.1, -0.05) is 27.5 Å². The highest BCUT2D eigenvalue weighted by Gasteiger charge is 2.09. The summed E-state index contributed by atoms with van der Waals surface area (Å²) in [5.74, 6) is 1.34. The van der Waals surface area contributed by atoms with Gasteiger partial charge in [-0.3, -0.25) is 4.98 Å². The second-order valence-electron chi connectivity index (χ2n) is 3.82. The number of aromatic nitrogens is 1. The Morgan fingerprint density at radius 3 is 2.83 bits per heavy atom. The monoisotopic (exact) mass is 326 g/mol. The van der Waals surface area contributed by atoms with Crippen LogP contribution in [0.1, 0.15) is 11.3 Å². The molecule has 0 spiro atoms. The van der Waals surface area contributed by atoms with Crippen LogP contribution < -0.4 is 10.5 Å². The predicted molar refractivity (Wildman–Crippen MR) is 76.1 cm³/mol. The molecule has 1 aromatic heterocycles. The molecule has 0 saturated carbocycles. The third kappa shape index (κ3) is 3.02. The Hall–Kier alpha value is -1.10. The molecule has 0 radical (unpaired) electrons. The van der Waals surface area contributed by atoms with Crippen molar-refractivity contribution in [1.29, 1.82) is 0 Å². The average Bonchev–Trinajstić information content (AvgIpc) is 2.30. The van der Waals surface area contributed by atoms with Gasteiger partial charge in [-0.25, -0.2) is 0 Å². The van der Waals surface area contributed by atoms with Crippen molar-refractivity contribution in [3.8, 4) is 11.5 Å². The highest BCUT2D eigenvalue weighted by Crippen LogP contribution is 2.31. The standard InChI is InChI=1S/C13H12BrClN2O/c1-8-2-3-17-12(7-16)13(8)18-11-5-9(14)4-10(15)6-11/h2-6H,7,16H2,1H3. The first kappa shape index (κ1) is 13.3. The molecule has 0 aliphatic carbocycles. The van der Waals surface area contributed by atoms with Gasteiger partial charge in [-0.2, -0.15) is 0 Å². The second kappa shape index (κ2) is 5.69. The van der Waals surface area contributed by atoms with E-state index >= 15 is 0 Å². The van der Waals surface area contributed by atoms with Crippen LogP contribution in [0.3, 0.4) is 0 Å². The van der Waals surface area contributed by atoms with Gasteiger partial charge in [0.05, 0.1) is 5.69 Å². The van der Waals surface area contributed by atoms with Crippen LogP contribution in [0.15, 0.2) is 34.9 Å². The van der Waals surface area contributed by atoms with E-state index in [1.807, 2.05) is 19.1 Å². The van der Waals surface area contributed by atoms with Crippen LogP contribution in [-0.2, 0) is 6.54 Å². The van der Waals surface area contributed by atoms with Crippen LogP contribution in [0.4, 0.5) is 0 Å². The highest BCUT2D eigenvalue weighted by molar-refractivity contribution is 9.10. The number of hydrogen-bond acceptors (Lipinski definition) is 3. The summed E-state index contributed by atoms with van der Waals surface area (Å²) in [7, 11) is 0. The molecule has 0 atom stereocenters. The van der Waals surface area contributed by atoms with Crippen LogP contribution >= 0.6 is 27.5 Å². The maximum Gasteiger partial charge on any atom is 0.153 e. The van der Waals surface area contributed by atoms with Crippen LogP contribution in [0, 0.1) is 6.92 Å². The molecule has 1 aromatic carbocycles. The minimum absolute atomic E-state index is 0.332. The molecule has 1 heterocycles. The molecular weight excluding hydrogens is 316 g/mol. The molecule has 0 aliphatic heterocycles. The number of nitrogens with two attached hydrogens (primary N) is 1. The Labute approximate surface area is 119 Å². The first-order chi connectivity index (χ1) is 8.60. The molecule has 94 valence electrons. The fourth-order valence-corrected chi connectivity index (χ4v) is 2.42. The van der Waals surface area contributed by atoms with Crippen molar-refractivity contribution in [1.82, 2.24) is 4.98 Å². The zero-order chi connectivity index (χ0) is 13.1. The van der Waals surface area contributed by atoms with Crippen LogP contribution in [0.2, 0.25) is 5.02 Å². The molecule has 0 amide bonds. The molecule has 18 heavy (non-hydrogen) atoms. The normalized spacial score (nSPS) is 10.4. The molecule has 2 rings (SSSR count). The molecule has 0 unspecified atom stereocenters. The van der Waals surface area contributed by atoms with Gasteiger partial charge in [0.15, 0.2) is 5.75 Å². The number of benzene rings is 1. The molecular formula is C13H12BrClN2O. The third-order valence-corrected chi connectivity index (χ3v) is 3.10.